The first-order valence-corrected chi connectivity index (χ1v) is 10.7. The third-order valence-corrected chi connectivity index (χ3v) is 5.39. The molecule has 1 aliphatic rings. The van der Waals surface area contributed by atoms with Crippen molar-refractivity contribution < 1.29 is 42.9 Å². The van der Waals surface area contributed by atoms with Crippen LogP contribution in [-0.4, -0.2) is 53.4 Å². The van der Waals surface area contributed by atoms with E-state index in [0.29, 0.717) is 5.56 Å². The average Bonchev–Trinajstić information content (AvgIpc) is 3.33. The highest BCUT2D eigenvalue weighted by Crippen LogP contribution is 2.39. The zero-order valence-electron chi connectivity index (χ0n) is 17.5. The van der Waals surface area contributed by atoms with Gasteiger partial charge >= 0.3 is 11.9 Å². The summed E-state index contributed by atoms with van der Waals surface area (Å²) in [5.74, 6) is -1.96. The zero-order valence-corrected chi connectivity index (χ0v) is 19.0. The summed E-state index contributed by atoms with van der Waals surface area (Å²) in [7, 11) is 1.21. The fraction of sp³-hybridized carbons (Fsp3) is 0.238. The number of nitrogens with zero attached hydrogens (tertiary/aromatic N) is 1. The van der Waals surface area contributed by atoms with Crippen LogP contribution in [0.5, 0.6) is 11.5 Å². The Labute approximate surface area is 197 Å². The van der Waals surface area contributed by atoms with Gasteiger partial charge in [0.15, 0.2) is 18.1 Å². The largest absolute Gasteiger partial charge is 0.490 e. The summed E-state index contributed by atoms with van der Waals surface area (Å²) in [5, 5.41) is 8.40. The fourth-order valence-electron chi connectivity index (χ4n) is 2.82. The standard InChI is InChI=1S/C21H18ClNO9S/c1-3-30-15-7-11(6-13(22)18(15)31-10-17(24)25)8-16-19(26)23(21(28)33-16)9-12-4-5-14(32-12)20(27)29-2/h4-8H,3,9-10H2,1-2H3,(H,24,25)/b16-8+. The maximum atomic E-state index is 12.8. The SMILES string of the molecule is CCOc1cc(/C=C2/SC(=O)N(Cc3ccc(C(=O)OC)o3)C2=O)cc(Cl)c1OCC(=O)O. The van der Waals surface area contributed by atoms with E-state index in [9.17, 15) is 19.2 Å². The molecule has 3 rings (SSSR count). The second kappa shape index (κ2) is 10.5. The van der Waals surface area contributed by atoms with E-state index >= 15 is 0 Å². The lowest BCUT2D eigenvalue weighted by Gasteiger charge is -2.13. The third-order valence-electron chi connectivity index (χ3n) is 4.21. The van der Waals surface area contributed by atoms with Gasteiger partial charge in [-0.2, -0.15) is 0 Å². The van der Waals surface area contributed by atoms with Crippen molar-refractivity contribution in [3.05, 3.63) is 51.3 Å². The molecule has 0 radical (unpaired) electrons. The Hall–Kier alpha value is -3.44. The molecule has 0 bridgehead atoms. The number of methoxy groups -OCH3 is 1. The molecule has 174 valence electrons. The van der Waals surface area contributed by atoms with Crippen LogP contribution in [0.15, 0.2) is 33.6 Å². The van der Waals surface area contributed by atoms with E-state index in [1.165, 1.54) is 37.5 Å². The quantitative estimate of drug-likeness (QED) is 0.404. The van der Waals surface area contributed by atoms with Gasteiger partial charge in [0.05, 0.1) is 30.2 Å². The minimum absolute atomic E-state index is 0.0432. The molecular weight excluding hydrogens is 478 g/mol. The van der Waals surface area contributed by atoms with Crippen molar-refractivity contribution in [3.63, 3.8) is 0 Å². The van der Waals surface area contributed by atoms with E-state index in [-0.39, 0.29) is 46.1 Å². The number of ether oxygens (including phenoxy) is 3. The Bertz CT molecular complexity index is 1140. The zero-order chi connectivity index (χ0) is 24.1. The highest BCUT2D eigenvalue weighted by atomic mass is 35.5. The number of amides is 2. The van der Waals surface area contributed by atoms with Crippen LogP contribution in [0.3, 0.4) is 0 Å². The minimum Gasteiger partial charge on any atom is -0.490 e. The fourth-order valence-corrected chi connectivity index (χ4v) is 3.94. The second-order valence-electron chi connectivity index (χ2n) is 6.47. The number of carboxylic acids is 1. The van der Waals surface area contributed by atoms with Crippen LogP contribution >= 0.6 is 23.4 Å². The number of thioether (sulfide) groups is 1. The topological polar surface area (TPSA) is 133 Å². The summed E-state index contributed by atoms with van der Waals surface area (Å²) < 4.78 is 20.6. The molecule has 0 atom stereocenters. The Kier molecular flexibility index (Phi) is 7.67. The summed E-state index contributed by atoms with van der Waals surface area (Å²) in [4.78, 5) is 48.6. The molecule has 1 aromatic heterocycles. The van der Waals surface area contributed by atoms with Crippen LogP contribution in [0.1, 0.15) is 28.8 Å². The van der Waals surface area contributed by atoms with Gasteiger partial charge in [0.2, 0.25) is 5.76 Å². The molecule has 0 spiro atoms. The Morgan fingerprint density at radius 1 is 1.24 bits per heavy atom. The van der Waals surface area contributed by atoms with Gasteiger partial charge in [0.1, 0.15) is 5.76 Å². The maximum Gasteiger partial charge on any atom is 0.373 e. The number of benzene rings is 1. The molecular formula is C21H18ClNO9S. The van der Waals surface area contributed by atoms with Crippen LogP contribution in [0.4, 0.5) is 4.79 Å². The molecule has 0 aliphatic carbocycles. The highest BCUT2D eigenvalue weighted by Gasteiger charge is 2.36. The summed E-state index contributed by atoms with van der Waals surface area (Å²) in [6.45, 7) is 1.22. The van der Waals surface area contributed by atoms with E-state index in [1.807, 2.05) is 0 Å². The molecule has 10 nitrogen and oxygen atoms in total. The van der Waals surface area contributed by atoms with Gasteiger partial charge in [0, 0.05) is 0 Å². The van der Waals surface area contributed by atoms with Crippen molar-refractivity contribution in [1.29, 1.82) is 0 Å². The number of carbonyl (C=O) groups excluding carboxylic acids is 3. The van der Waals surface area contributed by atoms with Gasteiger partial charge in [-0.15, -0.1) is 0 Å². The summed E-state index contributed by atoms with van der Waals surface area (Å²) in [6.07, 6.45) is 1.46. The van der Waals surface area contributed by atoms with E-state index < -0.39 is 29.7 Å². The Morgan fingerprint density at radius 2 is 2.00 bits per heavy atom. The third kappa shape index (κ3) is 5.68. The van der Waals surface area contributed by atoms with E-state index in [4.69, 9.17) is 30.6 Å². The number of carbonyl (C=O) groups is 4. The molecule has 1 saturated heterocycles. The van der Waals surface area contributed by atoms with Gasteiger partial charge in [-0.1, -0.05) is 11.6 Å². The molecule has 1 aliphatic heterocycles. The first-order valence-electron chi connectivity index (χ1n) is 9.46. The first kappa shape index (κ1) is 24.2. The van der Waals surface area contributed by atoms with Gasteiger partial charge in [-0.3, -0.25) is 14.5 Å². The van der Waals surface area contributed by atoms with Crippen molar-refractivity contribution in [2.75, 3.05) is 20.3 Å². The molecule has 2 aromatic rings. The maximum absolute atomic E-state index is 12.8. The number of hydrogen-bond acceptors (Lipinski definition) is 9. The number of carboxylic acid groups (broad SMARTS) is 1. The smallest absolute Gasteiger partial charge is 0.373 e. The van der Waals surface area contributed by atoms with Crippen molar-refractivity contribution >= 4 is 52.5 Å². The van der Waals surface area contributed by atoms with Gasteiger partial charge in [-0.25, -0.2) is 9.59 Å². The second-order valence-corrected chi connectivity index (χ2v) is 7.87. The number of furan rings is 1. The summed E-state index contributed by atoms with van der Waals surface area (Å²) in [5.41, 5.74) is 0.447. The number of halogens is 1. The Morgan fingerprint density at radius 3 is 2.67 bits per heavy atom. The van der Waals surface area contributed by atoms with Gasteiger partial charge in [-0.05, 0) is 54.6 Å². The van der Waals surface area contributed by atoms with E-state index in [2.05, 4.69) is 4.74 Å². The Balaban J connectivity index is 1.82. The van der Waals surface area contributed by atoms with Crippen molar-refractivity contribution in [3.8, 4) is 11.5 Å². The summed E-state index contributed by atoms with van der Waals surface area (Å²) in [6, 6.07) is 5.85. The normalized spacial score (nSPS) is 14.6. The lowest BCUT2D eigenvalue weighted by molar-refractivity contribution is -0.139. The number of hydrogen-bond donors (Lipinski definition) is 1. The first-order chi connectivity index (χ1) is 15.7. The lowest BCUT2D eigenvalue weighted by Crippen LogP contribution is -2.27. The van der Waals surface area contributed by atoms with E-state index in [0.717, 1.165) is 16.7 Å². The molecule has 0 unspecified atom stereocenters. The summed E-state index contributed by atoms with van der Waals surface area (Å²) >= 11 is 6.96. The molecule has 12 heteroatoms. The van der Waals surface area contributed by atoms with Gasteiger partial charge < -0.3 is 23.7 Å². The van der Waals surface area contributed by atoms with Crippen LogP contribution in [0.2, 0.25) is 5.02 Å². The minimum atomic E-state index is -1.18. The van der Waals surface area contributed by atoms with Crippen LogP contribution in [0.25, 0.3) is 6.08 Å². The van der Waals surface area contributed by atoms with Crippen LogP contribution in [0, 0.1) is 0 Å². The number of esters is 1. The predicted molar refractivity (Wildman–Crippen MR) is 117 cm³/mol. The molecule has 0 saturated carbocycles. The van der Waals surface area contributed by atoms with Crippen LogP contribution in [-0.2, 0) is 20.9 Å². The monoisotopic (exact) mass is 495 g/mol. The van der Waals surface area contributed by atoms with E-state index in [1.54, 1.807) is 6.92 Å². The van der Waals surface area contributed by atoms with Crippen molar-refractivity contribution in [2.24, 2.45) is 0 Å². The number of imide groups is 1. The van der Waals surface area contributed by atoms with Crippen molar-refractivity contribution in [2.45, 2.75) is 13.5 Å². The van der Waals surface area contributed by atoms with Crippen LogP contribution < -0.4 is 9.47 Å². The molecule has 33 heavy (non-hydrogen) atoms. The predicted octanol–water partition coefficient (Wildman–Crippen LogP) is 3.82. The molecule has 2 amide bonds. The molecule has 1 N–H and O–H groups in total. The highest BCUT2D eigenvalue weighted by molar-refractivity contribution is 8.18. The molecule has 1 fully saturated rings. The average molecular weight is 496 g/mol. The van der Waals surface area contributed by atoms with Gasteiger partial charge in [0.25, 0.3) is 11.1 Å². The molecule has 2 heterocycles. The lowest BCUT2D eigenvalue weighted by atomic mass is 10.1. The number of aliphatic carboxylic acids is 1. The molecule has 1 aromatic carbocycles. The van der Waals surface area contributed by atoms with Crippen molar-refractivity contribution in [1.82, 2.24) is 4.90 Å². The number of rotatable bonds is 9.